The van der Waals surface area contributed by atoms with Gasteiger partial charge in [-0.05, 0) is 25.3 Å². The van der Waals surface area contributed by atoms with Crippen molar-refractivity contribution in [1.29, 1.82) is 0 Å². The fourth-order valence-corrected chi connectivity index (χ4v) is 5.11. The Hall–Kier alpha value is -1.55. The topological polar surface area (TPSA) is 37.4 Å². The molecule has 4 heteroatoms. The first kappa shape index (κ1) is 17.3. The van der Waals surface area contributed by atoms with Crippen LogP contribution in [0.5, 0.6) is 0 Å². The lowest BCUT2D eigenvalue weighted by Crippen LogP contribution is -2.45. The summed E-state index contributed by atoms with van der Waals surface area (Å²) in [5, 5.41) is 0. The molecule has 1 saturated carbocycles. The van der Waals surface area contributed by atoms with Crippen LogP contribution in [0.2, 0.25) is 0 Å². The number of Topliss-reactive ketones (excluding diaryl/α,β-unsaturated/α-hetero) is 1. The summed E-state index contributed by atoms with van der Waals surface area (Å²) >= 11 is 1.87. The Kier molecular flexibility index (Phi) is 5.44. The summed E-state index contributed by atoms with van der Waals surface area (Å²) in [6, 6.07) is 10.1. The second kappa shape index (κ2) is 7.56. The zero-order chi connectivity index (χ0) is 17.1. The predicted molar refractivity (Wildman–Crippen MR) is 98.7 cm³/mol. The predicted octanol–water partition coefficient (Wildman–Crippen LogP) is 3.55. The zero-order valence-electron chi connectivity index (χ0n) is 14.2. The molecular formula is C20H25NO2S. The van der Waals surface area contributed by atoms with E-state index in [0.29, 0.717) is 18.9 Å². The van der Waals surface area contributed by atoms with Crippen LogP contribution in [0.25, 0.3) is 0 Å². The molecule has 0 aromatic heterocycles. The third-order valence-electron chi connectivity index (χ3n) is 4.92. The Balaban J connectivity index is 1.73. The number of rotatable bonds is 5. The van der Waals surface area contributed by atoms with Gasteiger partial charge in [-0.2, -0.15) is 11.8 Å². The molecule has 0 N–H and O–H groups in total. The second-order valence-electron chi connectivity index (χ2n) is 7.14. The van der Waals surface area contributed by atoms with Crippen LogP contribution in [0, 0.1) is 17.8 Å². The third-order valence-corrected chi connectivity index (χ3v) is 6.19. The molecule has 128 valence electrons. The molecule has 1 aromatic carbocycles. The van der Waals surface area contributed by atoms with Crippen molar-refractivity contribution in [3.8, 4) is 0 Å². The number of hydrogen-bond donors (Lipinski definition) is 0. The lowest BCUT2D eigenvalue weighted by molar-refractivity contribution is -0.141. The summed E-state index contributed by atoms with van der Waals surface area (Å²) in [6.07, 6.45) is 1.45. The van der Waals surface area contributed by atoms with Gasteiger partial charge in [-0.15, -0.1) is 0 Å². The van der Waals surface area contributed by atoms with Crippen LogP contribution in [-0.2, 0) is 16.1 Å². The van der Waals surface area contributed by atoms with Gasteiger partial charge >= 0.3 is 0 Å². The number of fused-ring (bicyclic) bond motifs is 2. The molecule has 3 nitrogen and oxygen atoms in total. The molecule has 1 heterocycles. The van der Waals surface area contributed by atoms with E-state index in [9.17, 15) is 9.59 Å². The second-order valence-corrected chi connectivity index (χ2v) is 8.21. The van der Waals surface area contributed by atoms with Crippen LogP contribution in [0.3, 0.4) is 0 Å². The minimum Gasteiger partial charge on any atom is -0.334 e. The molecule has 2 fully saturated rings. The Bertz CT molecular complexity index is 612. The molecular weight excluding hydrogens is 318 g/mol. The summed E-state index contributed by atoms with van der Waals surface area (Å²) in [5.74, 6) is 2.52. The molecule has 3 rings (SSSR count). The van der Waals surface area contributed by atoms with Gasteiger partial charge in [0, 0.05) is 42.3 Å². The molecule has 1 saturated heterocycles. The molecule has 0 spiro atoms. The maximum Gasteiger partial charge on any atom is 0.226 e. The van der Waals surface area contributed by atoms with Crippen molar-refractivity contribution in [2.75, 3.05) is 18.1 Å². The van der Waals surface area contributed by atoms with Gasteiger partial charge in [0.15, 0.2) is 0 Å². The van der Waals surface area contributed by atoms with Gasteiger partial charge in [0.2, 0.25) is 5.91 Å². The van der Waals surface area contributed by atoms with Crippen molar-refractivity contribution in [2.24, 2.45) is 17.8 Å². The maximum atomic E-state index is 13.1. The minimum atomic E-state index is -0.0123. The highest BCUT2D eigenvalue weighted by atomic mass is 32.2. The number of carbonyl (C=O) groups is 2. The Morgan fingerprint density at radius 2 is 1.83 bits per heavy atom. The van der Waals surface area contributed by atoms with E-state index in [1.54, 1.807) is 0 Å². The highest BCUT2D eigenvalue weighted by Crippen LogP contribution is 2.39. The number of thioether (sulfide) groups is 1. The molecule has 1 amide bonds. The quantitative estimate of drug-likeness (QED) is 0.767. The van der Waals surface area contributed by atoms with E-state index >= 15 is 0 Å². The lowest BCUT2D eigenvalue weighted by atomic mass is 9.74. The maximum absolute atomic E-state index is 13.1. The highest BCUT2D eigenvalue weighted by molar-refractivity contribution is 7.99. The van der Waals surface area contributed by atoms with Crippen LogP contribution in [0.4, 0.5) is 0 Å². The van der Waals surface area contributed by atoms with Crippen molar-refractivity contribution in [3.63, 3.8) is 0 Å². The smallest absolute Gasteiger partial charge is 0.226 e. The van der Waals surface area contributed by atoms with Crippen LogP contribution in [0.15, 0.2) is 42.5 Å². The van der Waals surface area contributed by atoms with Crippen LogP contribution in [0.1, 0.15) is 25.3 Å². The number of nitrogens with zero attached hydrogens (tertiary/aromatic N) is 1. The van der Waals surface area contributed by atoms with Crippen molar-refractivity contribution >= 4 is 23.5 Å². The molecule has 2 bridgehead atoms. The lowest BCUT2D eigenvalue weighted by Gasteiger charge is -2.38. The first-order chi connectivity index (χ1) is 11.5. The first-order valence-electron chi connectivity index (χ1n) is 8.63. The van der Waals surface area contributed by atoms with Crippen molar-refractivity contribution in [2.45, 2.75) is 26.3 Å². The van der Waals surface area contributed by atoms with Crippen LogP contribution >= 0.6 is 11.8 Å². The van der Waals surface area contributed by atoms with E-state index < -0.39 is 0 Å². The van der Waals surface area contributed by atoms with Crippen molar-refractivity contribution in [1.82, 2.24) is 4.90 Å². The van der Waals surface area contributed by atoms with E-state index in [4.69, 9.17) is 0 Å². The fraction of sp³-hybridized carbons (Fsp3) is 0.500. The molecule has 2 atom stereocenters. The summed E-state index contributed by atoms with van der Waals surface area (Å²) in [7, 11) is 0. The number of ketones is 1. The molecule has 1 aliphatic heterocycles. The fourth-order valence-electron chi connectivity index (χ4n) is 3.80. The van der Waals surface area contributed by atoms with Crippen molar-refractivity contribution in [3.05, 3.63) is 48.0 Å². The highest BCUT2D eigenvalue weighted by Gasteiger charge is 2.42. The Labute approximate surface area is 148 Å². The van der Waals surface area contributed by atoms with Crippen molar-refractivity contribution < 1.29 is 9.59 Å². The summed E-state index contributed by atoms with van der Waals surface area (Å²) in [6.45, 7) is 7.14. The van der Waals surface area contributed by atoms with Gasteiger partial charge in [0.05, 0.1) is 0 Å². The van der Waals surface area contributed by atoms with Gasteiger partial charge in [-0.1, -0.05) is 42.5 Å². The summed E-state index contributed by atoms with van der Waals surface area (Å²) < 4.78 is 0. The zero-order valence-corrected chi connectivity index (χ0v) is 15.1. The van der Waals surface area contributed by atoms with Crippen LogP contribution < -0.4 is 0 Å². The molecule has 1 aromatic rings. The van der Waals surface area contributed by atoms with E-state index in [1.807, 2.05) is 41.8 Å². The number of hydrogen-bond acceptors (Lipinski definition) is 3. The average Bonchev–Trinajstić information content (AvgIpc) is 2.54. The average molecular weight is 343 g/mol. The molecule has 1 aliphatic carbocycles. The first-order valence-corrected chi connectivity index (χ1v) is 9.78. The van der Waals surface area contributed by atoms with E-state index in [0.717, 1.165) is 35.5 Å². The van der Waals surface area contributed by atoms with Crippen LogP contribution in [-0.4, -0.2) is 34.6 Å². The van der Waals surface area contributed by atoms with Gasteiger partial charge in [0.25, 0.3) is 0 Å². The molecule has 2 aliphatic rings. The van der Waals surface area contributed by atoms with Gasteiger partial charge in [0.1, 0.15) is 5.78 Å². The molecule has 24 heavy (non-hydrogen) atoms. The molecule has 2 unspecified atom stereocenters. The van der Waals surface area contributed by atoms with Gasteiger partial charge in [-0.25, -0.2) is 0 Å². The monoisotopic (exact) mass is 343 g/mol. The van der Waals surface area contributed by atoms with E-state index in [2.05, 4.69) is 18.7 Å². The Morgan fingerprint density at radius 3 is 2.42 bits per heavy atom. The largest absolute Gasteiger partial charge is 0.334 e. The third kappa shape index (κ3) is 3.92. The van der Waals surface area contributed by atoms with Gasteiger partial charge < -0.3 is 4.90 Å². The van der Waals surface area contributed by atoms with Gasteiger partial charge in [-0.3, -0.25) is 9.59 Å². The Morgan fingerprint density at radius 1 is 1.21 bits per heavy atom. The summed E-state index contributed by atoms with van der Waals surface area (Å²) in [5.41, 5.74) is 2.12. The normalized spacial score (nSPS) is 26.0. The minimum absolute atomic E-state index is 0.0123. The number of benzene rings is 1. The summed E-state index contributed by atoms with van der Waals surface area (Å²) in [4.78, 5) is 27.3. The van der Waals surface area contributed by atoms with E-state index in [1.165, 1.54) is 0 Å². The van der Waals surface area contributed by atoms with E-state index in [-0.39, 0.29) is 23.7 Å². The number of amides is 1. The SMILES string of the molecule is C=C(C)CN(Cc1ccccc1)C(=O)C1CC2CSCC(C1)C2=O. The number of carbonyl (C=O) groups excluding carboxylic acids is 2. The standard InChI is InChI=1S/C20H25NO2S/c1-14(2)10-21(11-15-6-4-3-5-7-15)20(23)16-8-17-12-24-13-18(9-16)19(17)22/h3-7,16-18H,1,8-13H2,2H3. The molecule has 0 radical (unpaired) electrons.